The number of rotatable bonds is 5. The van der Waals surface area contributed by atoms with E-state index in [1.54, 1.807) is 12.3 Å². The fraction of sp³-hybridized carbons (Fsp3) is 0.300. The van der Waals surface area contributed by atoms with Crippen LogP contribution in [0.1, 0.15) is 5.56 Å². The molecule has 0 fully saturated rings. The third-order valence-electron chi connectivity index (χ3n) is 1.58. The molecular formula is C10H13ClN2O. The zero-order valence-electron chi connectivity index (χ0n) is 8.09. The maximum Gasteiger partial charge on any atom is 0.232 e. The first kappa shape index (κ1) is 11.0. The molecule has 1 aromatic heterocycles. The number of nitrogens with one attached hydrogen (secondary N) is 1. The molecule has 1 rings (SSSR count). The Kier molecular flexibility index (Phi) is 4.43. The number of pyridine rings is 1. The minimum absolute atomic E-state index is 0.415. The Morgan fingerprint density at radius 3 is 3.07 bits per heavy atom. The Hall–Kier alpha value is -1.06. The van der Waals surface area contributed by atoms with E-state index in [0.29, 0.717) is 17.5 Å². The fourth-order valence-corrected chi connectivity index (χ4v) is 1.25. The van der Waals surface area contributed by atoms with Crippen molar-refractivity contribution in [1.82, 2.24) is 10.3 Å². The van der Waals surface area contributed by atoms with E-state index in [-0.39, 0.29) is 0 Å². The molecule has 3 nitrogen and oxygen atoms in total. The Morgan fingerprint density at radius 2 is 2.50 bits per heavy atom. The molecule has 4 heteroatoms. The SMILES string of the molecule is C=CCOc1ncc(CNC)cc1Cl. The summed E-state index contributed by atoms with van der Waals surface area (Å²) in [6, 6.07) is 1.84. The normalized spacial score (nSPS) is 9.86. The number of aromatic nitrogens is 1. The largest absolute Gasteiger partial charge is 0.472 e. The van der Waals surface area contributed by atoms with Crippen LogP contribution in [0, 0.1) is 0 Å². The Bertz CT molecular complexity index is 315. The van der Waals surface area contributed by atoms with Gasteiger partial charge in [-0.25, -0.2) is 4.98 Å². The van der Waals surface area contributed by atoms with E-state index >= 15 is 0 Å². The van der Waals surface area contributed by atoms with Crippen molar-refractivity contribution in [1.29, 1.82) is 0 Å². The monoisotopic (exact) mass is 212 g/mol. The lowest BCUT2D eigenvalue weighted by Gasteiger charge is -2.06. The topological polar surface area (TPSA) is 34.1 Å². The highest BCUT2D eigenvalue weighted by molar-refractivity contribution is 6.31. The van der Waals surface area contributed by atoms with Crippen molar-refractivity contribution in [3.63, 3.8) is 0 Å². The summed E-state index contributed by atoms with van der Waals surface area (Å²) in [5.74, 6) is 0.450. The second-order valence-electron chi connectivity index (χ2n) is 2.76. The van der Waals surface area contributed by atoms with Crippen LogP contribution >= 0.6 is 11.6 Å². The van der Waals surface area contributed by atoms with Gasteiger partial charge in [0.05, 0.1) is 0 Å². The molecule has 0 radical (unpaired) electrons. The van der Waals surface area contributed by atoms with Gasteiger partial charge in [0, 0.05) is 12.7 Å². The zero-order chi connectivity index (χ0) is 10.4. The molecule has 0 saturated carbocycles. The summed E-state index contributed by atoms with van der Waals surface area (Å²) in [4.78, 5) is 4.09. The molecule has 1 N–H and O–H groups in total. The third-order valence-corrected chi connectivity index (χ3v) is 1.85. The highest BCUT2D eigenvalue weighted by atomic mass is 35.5. The van der Waals surface area contributed by atoms with Gasteiger partial charge >= 0.3 is 0 Å². The summed E-state index contributed by atoms with van der Waals surface area (Å²) in [6.45, 7) is 4.71. The molecule has 1 aromatic rings. The van der Waals surface area contributed by atoms with Gasteiger partial charge in [-0.05, 0) is 18.7 Å². The van der Waals surface area contributed by atoms with Gasteiger partial charge in [0.1, 0.15) is 11.6 Å². The standard InChI is InChI=1S/C10H13ClN2O/c1-3-4-14-10-9(11)5-8(6-12-2)7-13-10/h3,5,7,12H,1,4,6H2,2H3. The van der Waals surface area contributed by atoms with Gasteiger partial charge in [-0.2, -0.15) is 0 Å². The predicted octanol–water partition coefficient (Wildman–Crippen LogP) is 2.02. The summed E-state index contributed by atoms with van der Waals surface area (Å²) in [6.07, 6.45) is 3.39. The van der Waals surface area contributed by atoms with Gasteiger partial charge in [-0.15, -0.1) is 0 Å². The number of ether oxygens (including phenoxy) is 1. The summed E-state index contributed by atoms with van der Waals surface area (Å²) < 4.78 is 5.24. The zero-order valence-corrected chi connectivity index (χ0v) is 8.84. The fourth-order valence-electron chi connectivity index (χ4n) is 1.01. The first-order valence-corrected chi connectivity index (χ1v) is 4.68. The van der Waals surface area contributed by atoms with Gasteiger partial charge in [0.25, 0.3) is 0 Å². The summed E-state index contributed by atoms with van der Waals surface area (Å²) in [5, 5.41) is 3.55. The molecule has 0 amide bonds. The van der Waals surface area contributed by atoms with Crippen molar-refractivity contribution >= 4 is 11.6 Å². The minimum Gasteiger partial charge on any atom is -0.472 e. The van der Waals surface area contributed by atoms with Crippen LogP contribution in [-0.4, -0.2) is 18.6 Å². The average Bonchev–Trinajstić information content (AvgIpc) is 2.17. The lowest BCUT2D eigenvalue weighted by atomic mass is 10.3. The second kappa shape index (κ2) is 5.62. The maximum atomic E-state index is 5.95. The van der Waals surface area contributed by atoms with Crippen molar-refractivity contribution in [2.75, 3.05) is 13.7 Å². The first-order chi connectivity index (χ1) is 6.77. The van der Waals surface area contributed by atoms with Crippen molar-refractivity contribution in [2.24, 2.45) is 0 Å². The molecule has 0 aliphatic heterocycles. The first-order valence-electron chi connectivity index (χ1n) is 4.30. The van der Waals surface area contributed by atoms with Crippen LogP contribution in [0.5, 0.6) is 5.88 Å². The highest BCUT2D eigenvalue weighted by Gasteiger charge is 2.03. The highest BCUT2D eigenvalue weighted by Crippen LogP contribution is 2.22. The van der Waals surface area contributed by atoms with Crippen LogP contribution in [0.4, 0.5) is 0 Å². The van der Waals surface area contributed by atoms with Gasteiger partial charge in [0.15, 0.2) is 0 Å². The number of hydrogen-bond donors (Lipinski definition) is 1. The molecular weight excluding hydrogens is 200 g/mol. The molecule has 0 saturated heterocycles. The minimum atomic E-state index is 0.415. The Labute approximate surface area is 88.8 Å². The van der Waals surface area contributed by atoms with Crippen LogP contribution in [0.25, 0.3) is 0 Å². The molecule has 0 atom stereocenters. The van der Waals surface area contributed by atoms with E-state index in [1.165, 1.54) is 0 Å². The van der Waals surface area contributed by atoms with Crippen LogP contribution in [0.2, 0.25) is 5.02 Å². The molecule has 0 spiro atoms. The second-order valence-corrected chi connectivity index (χ2v) is 3.17. The van der Waals surface area contributed by atoms with E-state index in [9.17, 15) is 0 Å². The molecule has 1 heterocycles. The van der Waals surface area contributed by atoms with E-state index < -0.39 is 0 Å². The van der Waals surface area contributed by atoms with E-state index in [2.05, 4.69) is 16.9 Å². The van der Waals surface area contributed by atoms with Gasteiger partial charge in [0.2, 0.25) is 5.88 Å². The number of nitrogens with zero attached hydrogens (tertiary/aromatic N) is 1. The van der Waals surface area contributed by atoms with Crippen molar-refractivity contribution in [3.8, 4) is 5.88 Å². The molecule has 0 aliphatic rings. The third kappa shape index (κ3) is 3.01. The molecule has 14 heavy (non-hydrogen) atoms. The van der Waals surface area contributed by atoms with E-state index in [1.807, 2.05) is 13.1 Å². The molecule has 0 bridgehead atoms. The van der Waals surface area contributed by atoms with Crippen LogP contribution in [0.15, 0.2) is 24.9 Å². The smallest absolute Gasteiger partial charge is 0.232 e. The van der Waals surface area contributed by atoms with Gasteiger partial charge < -0.3 is 10.1 Å². The van der Waals surface area contributed by atoms with E-state index in [4.69, 9.17) is 16.3 Å². The number of halogens is 1. The summed E-state index contributed by atoms with van der Waals surface area (Å²) >= 11 is 5.95. The molecule has 76 valence electrons. The summed E-state index contributed by atoms with van der Waals surface area (Å²) in [5.41, 5.74) is 1.03. The predicted molar refractivity (Wildman–Crippen MR) is 57.7 cm³/mol. The van der Waals surface area contributed by atoms with Gasteiger partial charge in [-0.1, -0.05) is 24.3 Å². The van der Waals surface area contributed by atoms with Crippen molar-refractivity contribution < 1.29 is 4.74 Å². The quantitative estimate of drug-likeness (QED) is 0.759. The molecule has 0 aliphatic carbocycles. The van der Waals surface area contributed by atoms with Crippen LogP contribution in [-0.2, 0) is 6.54 Å². The summed E-state index contributed by atoms with van der Waals surface area (Å²) in [7, 11) is 1.87. The molecule has 0 unspecified atom stereocenters. The Balaban J connectivity index is 2.73. The molecule has 0 aromatic carbocycles. The maximum absolute atomic E-state index is 5.95. The van der Waals surface area contributed by atoms with Crippen molar-refractivity contribution in [3.05, 3.63) is 35.5 Å². The van der Waals surface area contributed by atoms with Crippen LogP contribution in [0.3, 0.4) is 0 Å². The van der Waals surface area contributed by atoms with Crippen LogP contribution < -0.4 is 10.1 Å². The average molecular weight is 213 g/mol. The lowest BCUT2D eigenvalue weighted by Crippen LogP contribution is -2.06. The van der Waals surface area contributed by atoms with Gasteiger partial charge in [-0.3, -0.25) is 0 Å². The Morgan fingerprint density at radius 1 is 1.71 bits per heavy atom. The lowest BCUT2D eigenvalue weighted by molar-refractivity contribution is 0.348. The number of hydrogen-bond acceptors (Lipinski definition) is 3. The van der Waals surface area contributed by atoms with Crippen molar-refractivity contribution in [2.45, 2.75) is 6.54 Å². The van der Waals surface area contributed by atoms with E-state index in [0.717, 1.165) is 12.1 Å².